The van der Waals surface area contributed by atoms with E-state index in [0.29, 0.717) is 12.6 Å². The lowest BCUT2D eigenvalue weighted by Gasteiger charge is -1.99. The summed E-state index contributed by atoms with van der Waals surface area (Å²) in [5.74, 6) is 0. The predicted octanol–water partition coefficient (Wildman–Crippen LogP) is -1.49. The van der Waals surface area contributed by atoms with E-state index in [-0.39, 0.29) is 23.6 Å². The van der Waals surface area contributed by atoms with Crippen LogP contribution in [-0.4, -0.2) is 16.3 Å². The van der Waals surface area contributed by atoms with Gasteiger partial charge in [0.2, 0.25) is 6.33 Å². The fourth-order valence-corrected chi connectivity index (χ4v) is 1.90. The molecule has 0 aliphatic carbocycles. The van der Waals surface area contributed by atoms with Gasteiger partial charge < -0.3 is 22.1 Å². The molecule has 88 valence electrons. The summed E-state index contributed by atoms with van der Waals surface area (Å²) in [5.41, 5.74) is 2.40. The first-order valence-electron chi connectivity index (χ1n) is 5.34. The molecule has 0 fully saturated rings. The molecule has 0 radical (unpaired) electrons. The first-order valence-corrected chi connectivity index (χ1v) is 5.34. The van der Waals surface area contributed by atoms with Gasteiger partial charge in [0, 0.05) is 0 Å². The second kappa shape index (κ2) is 5.46. The number of hydrogen-bond donors (Lipinski definition) is 1. The Bertz CT molecular complexity index is 465. The smallest absolute Gasteiger partial charge is 0.245 e. The SMILES string of the molecule is CC(C)n1c[n+](CCO)c2ccccc21.[Br-]. The van der Waals surface area contributed by atoms with Gasteiger partial charge in [-0.2, -0.15) is 0 Å². The molecule has 16 heavy (non-hydrogen) atoms. The number of benzene rings is 1. The first-order chi connectivity index (χ1) is 7.24. The molecule has 0 atom stereocenters. The Morgan fingerprint density at radius 3 is 2.62 bits per heavy atom. The van der Waals surface area contributed by atoms with Gasteiger partial charge >= 0.3 is 0 Å². The van der Waals surface area contributed by atoms with E-state index in [1.54, 1.807) is 0 Å². The molecule has 1 N–H and O–H groups in total. The number of imidazole rings is 1. The highest BCUT2D eigenvalue weighted by atomic mass is 79.9. The van der Waals surface area contributed by atoms with Crippen LogP contribution in [0.15, 0.2) is 30.6 Å². The van der Waals surface area contributed by atoms with Crippen molar-refractivity contribution in [2.45, 2.75) is 26.4 Å². The zero-order valence-corrected chi connectivity index (χ0v) is 11.2. The molecule has 1 heterocycles. The van der Waals surface area contributed by atoms with Crippen molar-refractivity contribution in [3.05, 3.63) is 30.6 Å². The average molecular weight is 285 g/mol. The Labute approximate surface area is 106 Å². The Morgan fingerprint density at radius 1 is 1.31 bits per heavy atom. The molecule has 0 saturated heterocycles. The maximum Gasteiger partial charge on any atom is 0.245 e. The average Bonchev–Trinajstić information content (AvgIpc) is 2.59. The van der Waals surface area contributed by atoms with Crippen LogP contribution in [0.2, 0.25) is 0 Å². The summed E-state index contributed by atoms with van der Waals surface area (Å²) < 4.78 is 4.32. The van der Waals surface area contributed by atoms with Crippen molar-refractivity contribution in [2.24, 2.45) is 0 Å². The van der Waals surface area contributed by atoms with E-state index in [2.05, 4.69) is 41.4 Å². The normalized spacial score (nSPS) is 10.8. The fourth-order valence-electron chi connectivity index (χ4n) is 1.90. The maximum absolute atomic E-state index is 9.00. The molecule has 0 spiro atoms. The molecule has 0 aliphatic rings. The van der Waals surface area contributed by atoms with E-state index in [4.69, 9.17) is 5.11 Å². The van der Waals surface area contributed by atoms with Crippen LogP contribution in [-0.2, 0) is 6.54 Å². The second-order valence-corrected chi connectivity index (χ2v) is 4.02. The molecule has 2 rings (SSSR count). The Hall–Kier alpha value is -0.870. The van der Waals surface area contributed by atoms with E-state index in [9.17, 15) is 0 Å². The van der Waals surface area contributed by atoms with Crippen molar-refractivity contribution in [3.8, 4) is 0 Å². The lowest BCUT2D eigenvalue weighted by atomic mass is 10.3. The standard InChI is InChI=1S/C12H17N2O.BrH/c1-10(2)14-9-13(7-8-15)11-5-3-4-6-12(11)14;/h3-6,9-10,15H,7-8H2,1-2H3;1H/q+1;/p-1. The number of halogens is 1. The van der Waals surface area contributed by atoms with Crippen LogP contribution >= 0.6 is 0 Å². The van der Waals surface area contributed by atoms with Crippen molar-refractivity contribution in [2.75, 3.05) is 6.61 Å². The maximum atomic E-state index is 9.00. The minimum atomic E-state index is 0. The van der Waals surface area contributed by atoms with Crippen molar-refractivity contribution >= 4 is 11.0 Å². The number of aromatic nitrogens is 2. The highest BCUT2D eigenvalue weighted by Gasteiger charge is 2.16. The summed E-state index contributed by atoms with van der Waals surface area (Å²) in [5, 5.41) is 9.00. The van der Waals surface area contributed by atoms with Crippen LogP contribution in [0.3, 0.4) is 0 Å². The molecule has 4 heteroatoms. The number of rotatable bonds is 3. The molecule has 3 nitrogen and oxygen atoms in total. The highest BCUT2D eigenvalue weighted by Crippen LogP contribution is 2.15. The van der Waals surface area contributed by atoms with Gasteiger partial charge in [0.05, 0.1) is 12.6 Å². The van der Waals surface area contributed by atoms with Gasteiger partial charge in [-0.3, -0.25) is 0 Å². The largest absolute Gasteiger partial charge is 1.00 e. The third-order valence-electron chi connectivity index (χ3n) is 2.63. The summed E-state index contributed by atoms with van der Waals surface area (Å²) in [6, 6.07) is 8.72. The molecule has 0 aliphatic heterocycles. The first kappa shape index (κ1) is 13.2. The third kappa shape index (κ3) is 2.28. The van der Waals surface area contributed by atoms with Crippen LogP contribution in [0.1, 0.15) is 19.9 Å². The van der Waals surface area contributed by atoms with Gasteiger partial charge in [0.15, 0.2) is 11.0 Å². The van der Waals surface area contributed by atoms with Gasteiger partial charge in [0.25, 0.3) is 0 Å². The van der Waals surface area contributed by atoms with Gasteiger partial charge in [-0.15, -0.1) is 0 Å². The van der Waals surface area contributed by atoms with Gasteiger partial charge in [-0.1, -0.05) is 12.1 Å². The molecule has 0 unspecified atom stereocenters. The molecular formula is C12H17BrN2O. The summed E-state index contributed by atoms with van der Waals surface area (Å²) in [7, 11) is 0. The van der Waals surface area contributed by atoms with E-state index >= 15 is 0 Å². The summed E-state index contributed by atoms with van der Waals surface area (Å²) in [6.45, 7) is 5.16. The van der Waals surface area contributed by atoms with Crippen LogP contribution in [0.4, 0.5) is 0 Å². The summed E-state index contributed by atoms with van der Waals surface area (Å²) >= 11 is 0. The summed E-state index contributed by atoms with van der Waals surface area (Å²) in [4.78, 5) is 0. The van der Waals surface area contributed by atoms with Crippen LogP contribution in [0.5, 0.6) is 0 Å². The van der Waals surface area contributed by atoms with Crippen molar-refractivity contribution < 1.29 is 26.7 Å². The van der Waals surface area contributed by atoms with E-state index in [0.717, 1.165) is 0 Å². The zero-order chi connectivity index (χ0) is 10.8. The van der Waals surface area contributed by atoms with Crippen molar-refractivity contribution in [3.63, 3.8) is 0 Å². The Morgan fingerprint density at radius 2 is 2.00 bits per heavy atom. The number of aliphatic hydroxyl groups is 1. The number of aliphatic hydroxyl groups excluding tert-OH is 1. The molecule has 0 saturated carbocycles. The van der Waals surface area contributed by atoms with E-state index < -0.39 is 0 Å². The number of hydrogen-bond acceptors (Lipinski definition) is 1. The van der Waals surface area contributed by atoms with E-state index in [1.807, 2.05) is 12.1 Å². The molecule has 0 bridgehead atoms. The third-order valence-corrected chi connectivity index (χ3v) is 2.63. The van der Waals surface area contributed by atoms with Crippen LogP contribution in [0, 0.1) is 0 Å². The van der Waals surface area contributed by atoms with Crippen molar-refractivity contribution in [1.82, 2.24) is 4.57 Å². The molecule has 1 aromatic carbocycles. The fraction of sp³-hybridized carbons (Fsp3) is 0.417. The second-order valence-electron chi connectivity index (χ2n) is 4.02. The number of nitrogens with zero attached hydrogens (tertiary/aromatic N) is 2. The quantitative estimate of drug-likeness (QED) is 0.684. The molecule has 2 aromatic rings. The van der Waals surface area contributed by atoms with Crippen molar-refractivity contribution in [1.29, 1.82) is 0 Å². The molecule has 0 amide bonds. The van der Waals surface area contributed by atoms with Gasteiger partial charge in [0.1, 0.15) is 6.54 Å². The predicted molar refractivity (Wildman–Crippen MR) is 59.6 cm³/mol. The number of fused-ring (bicyclic) bond motifs is 1. The molecular weight excluding hydrogens is 268 g/mol. The van der Waals surface area contributed by atoms with Gasteiger partial charge in [-0.05, 0) is 26.0 Å². The highest BCUT2D eigenvalue weighted by molar-refractivity contribution is 5.71. The molecule has 1 aromatic heterocycles. The van der Waals surface area contributed by atoms with Crippen LogP contribution < -0.4 is 21.5 Å². The minimum Gasteiger partial charge on any atom is -1.00 e. The zero-order valence-electron chi connectivity index (χ0n) is 9.60. The van der Waals surface area contributed by atoms with E-state index in [1.165, 1.54) is 11.0 Å². The summed E-state index contributed by atoms with van der Waals surface area (Å²) in [6.07, 6.45) is 2.07. The van der Waals surface area contributed by atoms with Crippen LogP contribution in [0.25, 0.3) is 11.0 Å². The lowest BCUT2D eigenvalue weighted by Crippen LogP contribution is -3.00. The monoisotopic (exact) mass is 284 g/mol. The Kier molecular flexibility index (Phi) is 4.50. The lowest BCUT2D eigenvalue weighted by molar-refractivity contribution is -0.673. The minimum absolute atomic E-state index is 0. The topological polar surface area (TPSA) is 29.0 Å². The Balaban J connectivity index is 0.00000128. The number of para-hydroxylation sites is 2. The van der Waals surface area contributed by atoms with Gasteiger partial charge in [-0.25, -0.2) is 9.13 Å².